The second-order valence-electron chi connectivity index (χ2n) is 4.09. The number of piperidine rings is 1. The molecule has 0 radical (unpaired) electrons. The molecule has 0 N–H and O–H groups in total. The van der Waals surface area contributed by atoms with Crippen molar-refractivity contribution in [1.29, 1.82) is 0 Å². The second kappa shape index (κ2) is 4.88. The predicted octanol–water partition coefficient (Wildman–Crippen LogP) is 3.04. The maximum atomic E-state index is 5.68. The predicted molar refractivity (Wildman–Crippen MR) is 61.3 cm³/mol. The monoisotopic (exact) mass is 228 g/mol. The first kappa shape index (κ1) is 10.8. The third-order valence-electron chi connectivity index (χ3n) is 3.14. The van der Waals surface area contributed by atoms with Gasteiger partial charge in [0, 0.05) is 13.1 Å². The Morgan fingerprint density at radius 1 is 1.53 bits per heavy atom. The van der Waals surface area contributed by atoms with Gasteiger partial charge in [-0.3, -0.25) is 0 Å². The lowest BCUT2D eigenvalue weighted by Crippen LogP contribution is -2.33. The molecular formula is C11H17ClN2O. The Labute approximate surface area is 95.4 Å². The number of anilines is 1. The second-order valence-corrected chi connectivity index (χ2v) is 4.36. The molecule has 0 saturated carbocycles. The first-order valence-corrected chi connectivity index (χ1v) is 6.12. The molecule has 1 aromatic rings. The number of hydrogen-bond donors (Lipinski definition) is 0. The van der Waals surface area contributed by atoms with Gasteiger partial charge in [0.15, 0.2) is 0 Å². The highest BCUT2D eigenvalue weighted by atomic mass is 35.5. The van der Waals surface area contributed by atoms with E-state index in [1.54, 1.807) is 6.26 Å². The molecule has 0 unspecified atom stereocenters. The van der Waals surface area contributed by atoms with Gasteiger partial charge in [-0.15, -0.1) is 11.6 Å². The van der Waals surface area contributed by atoms with Gasteiger partial charge in [0.25, 0.3) is 6.01 Å². The summed E-state index contributed by atoms with van der Waals surface area (Å²) in [6.45, 7) is 4.37. The third-order valence-corrected chi connectivity index (χ3v) is 3.41. The minimum absolute atomic E-state index is 0.426. The molecule has 1 saturated heterocycles. The number of rotatable bonds is 3. The number of halogens is 1. The van der Waals surface area contributed by atoms with E-state index in [-0.39, 0.29) is 0 Å². The highest BCUT2D eigenvalue weighted by Gasteiger charge is 2.20. The summed E-state index contributed by atoms with van der Waals surface area (Å²) in [5, 5.41) is 0. The Morgan fingerprint density at radius 2 is 2.27 bits per heavy atom. The van der Waals surface area contributed by atoms with Crippen molar-refractivity contribution in [2.75, 3.05) is 18.0 Å². The zero-order chi connectivity index (χ0) is 10.7. The Bertz CT molecular complexity index is 305. The van der Waals surface area contributed by atoms with Gasteiger partial charge in [0.2, 0.25) is 0 Å². The number of oxazole rings is 1. The molecule has 3 nitrogen and oxygen atoms in total. The molecule has 0 bridgehead atoms. The summed E-state index contributed by atoms with van der Waals surface area (Å²) in [6, 6.07) is 0.736. The first-order chi connectivity index (χ1) is 7.33. The van der Waals surface area contributed by atoms with Gasteiger partial charge < -0.3 is 9.32 Å². The van der Waals surface area contributed by atoms with Crippen molar-refractivity contribution >= 4 is 17.6 Å². The number of alkyl halides is 1. The van der Waals surface area contributed by atoms with Crippen LogP contribution in [0.3, 0.4) is 0 Å². The molecule has 0 amide bonds. The highest BCUT2D eigenvalue weighted by Crippen LogP contribution is 2.24. The fraction of sp³-hybridized carbons (Fsp3) is 0.727. The summed E-state index contributed by atoms with van der Waals surface area (Å²) in [7, 11) is 0. The van der Waals surface area contributed by atoms with Crippen molar-refractivity contribution in [2.24, 2.45) is 5.92 Å². The minimum Gasteiger partial charge on any atom is -0.432 e. The van der Waals surface area contributed by atoms with E-state index in [2.05, 4.69) is 16.8 Å². The zero-order valence-electron chi connectivity index (χ0n) is 9.08. The Hall–Kier alpha value is -0.700. The molecule has 0 spiro atoms. The van der Waals surface area contributed by atoms with Crippen LogP contribution in [-0.2, 0) is 5.88 Å². The molecule has 84 valence electrons. The van der Waals surface area contributed by atoms with Crippen LogP contribution in [0, 0.1) is 5.92 Å². The number of nitrogens with zero attached hydrogens (tertiary/aromatic N) is 2. The van der Waals surface area contributed by atoms with Gasteiger partial charge in [0.05, 0.1) is 11.6 Å². The molecule has 15 heavy (non-hydrogen) atoms. The summed E-state index contributed by atoms with van der Waals surface area (Å²) < 4.78 is 5.39. The van der Waals surface area contributed by atoms with Crippen molar-refractivity contribution in [2.45, 2.75) is 32.1 Å². The van der Waals surface area contributed by atoms with E-state index < -0.39 is 0 Å². The third kappa shape index (κ3) is 2.46. The average molecular weight is 229 g/mol. The Kier molecular flexibility index (Phi) is 3.52. The van der Waals surface area contributed by atoms with E-state index in [9.17, 15) is 0 Å². The summed E-state index contributed by atoms with van der Waals surface area (Å²) in [5.41, 5.74) is 0.823. The number of aromatic nitrogens is 1. The smallest absolute Gasteiger partial charge is 0.297 e. The SMILES string of the molecule is CCC1CCN(c2nc(CCl)co2)CC1. The fourth-order valence-electron chi connectivity index (χ4n) is 2.04. The van der Waals surface area contributed by atoms with Crippen molar-refractivity contribution in [3.05, 3.63) is 12.0 Å². The summed E-state index contributed by atoms with van der Waals surface area (Å²) in [5.74, 6) is 1.30. The van der Waals surface area contributed by atoms with Gasteiger partial charge in [-0.25, -0.2) is 0 Å². The lowest BCUT2D eigenvalue weighted by atomic mass is 9.95. The van der Waals surface area contributed by atoms with Crippen molar-refractivity contribution in [1.82, 2.24) is 4.98 Å². The highest BCUT2D eigenvalue weighted by molar-refractivity contribution is 6.16. The standard InChI is InChI=1S/C11H17ClN2O/c1-2-9-3-5-14(6-4-9)11-13-10(7-12)8-15-11/h8-9H,2-7H2,1H3. The van der Waals surface area contributed by atoms with Crippen LogP contribution >= 0.6 is 11.6 Å². The van der Waals surface area contributed by atoms with E-state index in [4.69, 9.17) is 16.0 Å². The van der Waals surface area contributed by atoms with Crippen LogP contribution in [0.1, 0.15) is 31.9 Å². The first-order valence-electron chi connectivity index (χ1n) is 5.58. The van der Waals surface area contributed by atoms with Crippen LogP contribution < -0.4 is 4.90 Å². The Balaban J connectivity index is 1.95. The van der Waals surface area contributed by atoms with Crippen LogP contribution in [0.2, 0.25) is 0 Å². The van der Waals surface area contributed by atoms with Crippen LogP contribution in [0.4, 0.5) is 6.01 Å². The van der Waals surface area contributed by atoms with Crippen molar-refractivity contribution in [3.63, 3.8) is 0 Å². The van der Waals surface area contributed by atoms with Gasteiger partial charge in [-0.05, 0) is 18.8 Å². The average Bonchev–Trinajstić information content (AvgIpc) is 2.78. The van der Waals surface area contributed by atoms with Gasteiger partial charge >= 0.3 is 0 Å². The van der Waals surface area contributed by atoms with Crippen molar-refractivity contribution < 1.29 is 4.42 Å². The fourth-order valence-corrected chi connectivity index (χ4v) is 2.16. The van der Waals surface area contributed by atoms with E-state index in [1.165, 1.54) is 19.3 Å². The Morgan fingerprint density at radius 3 is 2.80 bits per heavy atom. The lowest BCUT2D eigenvalue weighted by Gasteiger charge is -2.30. The maximum Gasteiger partial charge on any atom is 0.297 e. The van der Waals surface area contributed by atoms with E-state index >= 15 is 0 Å². The normalized spacial score (nSPS) is 18.4. The van der Waals surface area contributed by atoms with E-state index in [0.717, 1.165) is 30.7 Å². The van der Waals surface area contributed by atoms with Crippen LogP contribution in [0.5, 0.6) is 0 Å². The number of hydrogen-bond acceptors (Lipinski definition) is 3. The quantitative estimate of drug-likeness (QED) is 0.745. The molecular weight excluding hydrogens is 212 g/mol. The summed E-state index contributed by atoms with van der Waals surface area (Å²) >= 11 is 5.68. The molecule has 1 aromatic heterocycles. The molecule has 1 aliphatic heterocycles. The molecule has 2 heterocycles. The van der Waals surface area contributed by atoms with Gasteiger partial charge in [-0.2, -0.15) is 4.98 Å². The molecule has 2 rings (SSSR count). The minimum atomic E-state index is 0.426. The lowest BCUT2D eigenvalue weighted by molar-refractivity contribution is 0.378. The van der Waals surface area contributed by atoms with E-state index in [1.807, 2.05) is 0 Å². The topological polar surface area (TPSA) is 29.3 Å². The molecule has 1 fully saturated rings. The van der Waals surface area contributed by atoms with Crippen LogP contribution in [0.25, 0.3) is 0 Å². The van der Waals surface area contributed by atoms with Crippen LogP contribution in [0.15, 0.2) is 10.7 Å². The maximum absolute atomic E-state index is 5.68. The van der Waals surface area contributed by atoms with Gasteiger partial charge in [-0.1, -0.05) is 13.3 Å². The van der Waals surface area contributed by atoms with E-state index in [0.29, 0.717) is 5.88 Å². The largest absolute Gasteiger partial charge is 0.432 e. The van der Waals surface area contributed by atoms with Crippen molar-refractivity contribution in [3.8, 4) is 0 Å². The van der Waals surface area contributed by atoms with Gasteiger partial charge in [0.1, 0.15) is 6.26 Å². The molecule has 4 heteroatoms. The molecule has 1 aliphatic rings. The summed E-state index contributed by atoms with van der Waals surface area (Å²) in [4.78, 5) is 6.54. The van der Waals surface area contributed by atoms with Crippen LogP contribution in [-0.4, -0.2) is 18.1 Å². The molecule has 0 aromatic carbocycles. The zero-order valence-corrected chi connectivity index (χ0v) is 9.83. The molecule has 0 atom stereocenters. The summed E-state index contributed by atoms with van der Waals surface area (Å²) in [6.07, 6.45) is 5.42. The molecule has 0 aliphatic carbocycles.